The Morgan fingerprint density at radius 1 is 1.29 bits per heavy atom. The van der Waals surface area contributed by atoms with Crippen molar-refractivity contribution in [2.75, 3.05) is 34.5 Å². The molecule has 24 heavy (non-hydrogen) atoms. The minimum absolute atomic E-state index is 0.0228. The summed E-state index contributed by atoms with van der Waals surface area (Å²) in [6.07, 6.45) is 3.18. The van der Waals surface area contributed by atoms with Crippen LogP contribution in [0.1, 0.15) is 5.56 Å². The summed E-state index contributed by atoms with van der Waals surface area (Å²) < 4.78 is 40.1. The van der Waals surface area contributed by atoms with Crippen molar-refractivity contribution in [3.63, 3.8) is 0 Å². The van der Waals surface area contributed by atoms with E-state index in [2.05, 4.69) is 4.74 Å². The first kappa shape index (κ1) is 18.0. The zero-order valence-corrected chi connectivity index (χ0v) is 13.8. The van der Waals surface area contributed by atoms with Gasteiger partial charge in [-0.15, -0.1) is 0 Å². The number of carbonyl (C=O) groups excluding carboxylic acids is 1. The molecule has 132 valence electrons. The van der Waals surface area contributed by atoms with Gasteiger partial charge in [-0.1, -0.05) is 6.08 Å². The van der Waals surface area contributed by atoms with Crippen LogP contribution in [-0.2, 0) is 11.3 Å². The Labute approximate surface area is 139 Å². The van der Waals surface area contributed by atoms with Crippen molar-refractivity contribution < 1.29 is 27.8 Å². The SMILES string of the molecule is CN(C)C/C=C/C(=O)N(C)Cc1cc2c(cc1OC(F)F)OCO2. The molecule has 1 aromatic carbocycles. The van der Waals surface area contributed by atoms with Crippen LogP contribution >= 0.6 is 0 Å². The predicted octanol–water partition coefficient (Wildman–Crippen LogP) is 2.09. The second kappa shape index (κ2) is 7.96. The molecular weight excluding hydrogens is 322 g/mol. The molecular formula is C16H20F2N2O4. The second-order valence-electron chi connectivity index (χ2n) is 5.55. The summed E-state index contributed by atoms with van der Waals surface area (Å²) in [5, 5.41) is 0. The van der Waals surface area contributed by atoms with Crippen LogP contribution in [0.4, 0.5) is 8.78 Å². The lowest BCUT2D eigenvalue weighted by Crippen LogP contribution is -2.25. The van der Waals surface area contributed by atoms with Crippen LogP contribution in [0.25, 0.3) is 0 Å². The van der Waals surface area contributed by atoms with E-state index in [1.54, 1.807) is 19.2 Å². The van der Waals surface area contributed by atoms with Crippen LogP contribution in [0.15, 0.2) is 24.3 Å². The first-order chi connectivity index (χ1) is 11.4. The molecule has 6 nitrogen and oxygen atoms in total. The molecule has 1 amide bonds. The number of benzene rings is 1. The Morgan fingerprint density at radius 3 is 2.58 bits per heavy atom. The Kier molecular flexibility index (Phi) is 5.97. The lowest BCUT2D eigenvalue weighted by molar-refractivity contribution is -0.125. The first-order valence-corrected chi connectivity index (χ1v) is 7.30. The van der Waals surface area contributed by atoms with Crippen LogP contribution in [0.5, 0.6) is 17.2 Å². The number of hydrogen-bond donors (Lipinski definition) is 0. The summed E-state index contributed by atoms with van der Waals surface area (Å²) in [5.41, 5.74) is 0.413. The number of nitrogens with zero attached hydrogens (tertiary/aromatic N) is 2. The van der Waals surface area contributed by atoms with Crippen molar-refractivity contribution in [2.24, 2.45) is 0 Å². The van der Waals surface area contributed by atoms with Gasteiger partial charge in [-0.3, -0.25) is 4.79 Å². The van der Waals surface area contributed by atoms with Crippen molar-refractivity contribution in [3.05, 3.63) is 29.8 Å². The summed E-state index contributed by atoms with van der Waals surface area (Å²) in [4.78, 5) is 15.4. The summed E-state index contributed by atoms with van der Waals surface area (Å²) in [5.74, 6) is 0.508. The van der Waals surface area contributed by atoms with Gasteiger partial charge in [-0.25, -0.2) is 0 Å². The fourth-order valence-electron chi connectivity index (χ4n) is 2.12. The number of alkyl halides is 2. The molecule has 0 bridgehead atoms. The average molecular weight is 342 g/mol. The number of halogens is 2. The van der Waals surface area contributed by atoms with Gasteiger partial charge in [0.15, 0.2) is 11.5 Å². The molecule has 0 aliphatic carbocycles. The van der Waals surface area contributed by atoms with Gasteiger partial charge in [0.1, 0.15) is 5.75 Å². The lowest BCUT2D eigenvalue weighted by Gasteiger charge is -2.18. The van der Waals surface area contributed by atoms with Gasteiger partial charge in [0, 0.05) is 37.8 Å². The van der Waals surface area contributed by atoms with Crippen molar-refractivity contribution in [2.45, 2.75) is 13.2 Å². The number of likely N-dealkylation sites (N-methyl/N-ethyl adjacent to an activating group) is 2. The highest BCUT2D eigenvalue weighted by molar-refractivity contribution is 5.87. The highest BCUT2D eigenvalue weighted by atomic mass is 19.3. The van der Waals surface area contributed by atoms with Crippen molar-refractivity contribution >= 4 is 5.91 Å². The molecule has 1 aliphatic rings. The molecule has 0 N–H and O–H groups in total. The van der Waals surface area contributed by atoms with Gasteiger partial charge in [0.25, 0.3) is 0 Å². The topological polar surface area (TPSA) is 51.2 Å². The normalized spacial score (nSPS) is 13.1. The molecule has 8 heteroatoms. The Hall–Kier alpha value is -2.35. The summed E-state index contributed by atoms with van der Waals surface area (Å²) >= 11 is 0. The van der Waals surface area contributed by atoms with E-state index in [0.29, 0.717) is 23.6 Å². The van der Waals surface area contributed by atoms with E-state index in [0.717, 1.165) is 0 Å². The molecule has 0 aromatic heterocycles. The average Bonchev–Trinajstić information content (AvgIpc) is 2.93. The molecule has 0 saturated carbocycles. The van der Waals surface area contributed by atoms with Gasteiger partial charge in [-0.05, 0) is 20.2 Å². The molecule has 0 atom stereocenters. The summed E-state index contributed by atoms with van der Waals surface area (Å²) in [6, 6.07) is 2.90. The number of fused-ring (bicyclic) bond motifs is 1. The van der Waals surface area contributed by atoms with E-state index < -0.39 is 6.61 Å². The summed E-state index contributed by atoms with van der Waals surface area (Å²) in [7, 11) is 5.36. The van der Waals surface area contributed by atoms with Gasteiger partial charge in [-0.2, -0.15) is 8.78 Å². The number of ether oxygens (including phenoxy) is 3. The molecule has 2 rings (SSSR count). The number of hydrogen-bond acceptors (Lipinski definition) is 5. The minimum atomic E-state index is -2.97. The van der Waals surface area contributed by atoms with Gasteiger partial charge in [0.2, 0.25) is 12.7 Å². The monoisotopic (exact) mass is 342 g/mol. The zero-order chi connectivity index (χ0) is 17.7. The van der Waals surface area contributed by atoms with Crippen molar-refractivity contribution in [1.82, 2.24) is 9.80 Å². The highest BCUT2D eigenvalue weighted by Gasteiger charge is 2.21. The molecule has 0 radical (unpaired) electrons. The molecule has 1 aliphatic heterocycles. The molecule has 1 aromatic rings. The van der Waals surface area contributed by atoms with Crippen LogP contribution in [0, 0.1) is 0 Å². The maximum atomic E-state index is 12.6. The Morgan fingerprint density at radius 2 is 1.96 bits per heavy atom. The van der Waals surface area contributed by atoms with E-state index in [1.165, 1.54) is 17.0 Å². The van der Waals surface area contributed by atoms with E-state index in [1.807, 2.05) is 19.0 Å². The smallest absolute Gasteiger partial charge is 0.387 e. The van der Waals surface area contributed by atoms with E-state index in [4.69, 9.17) is 9.47 Å². The van der Waals surface area contributed by atoms with Gasteiger partial charge < -0.3 is 24.0 Å². The maximum absolute atomic E-state index is 12.6. The predicted molar refractivity (Wildman–Crippen MR) is 83.4 cm³/mol. The molecule has 1 heterocycles. The first-order valence-electron chi connectivity index (χ1n) is 7.30. The third-order valence-corrected chi connectivity index (χ3v) is 3.29. The van der Waals surface area contributed by atoms with Crippen LogP contribution < -0.4 is 14.2 Å². The van der Waals surface area contributed by atoms with Crippen molar-refractivity contribution in [1.29, 1.82) is 0 Å². The van der Waals surface area contributed by atoms with E-state index in [-0.39, 0.29) is 25.0 Å². The van der Waals surface area contributed by atoms with E-state index in [9.17, 15) is 13.6 Å². The van der Waals surface area contributed by atoms with Crippen LogP contribution in [-0.4, -0.2) is 56.8 Å². The molecule has 0 saturated heterocycles. The molecule has 0 unspecified atom stereocenters. The largest absolute Gasteiger partial charge is 0.454 e. The third kappa shape index (κ3) is 4.82. The number of rotatable bonds is 7. The fourth-order valence-corrected chi connectivity index (χ4v) is 2.12. The second-order valence-corrected chi connectivity index (χ2v) is 5.55. The van der Waals surface area contributed by atoms with Crippen LogP contribution in [0.2, 0.25) is 0 Å². The number of amides is 1. The Bertz CT molecular complexity index is 620. The van der Waals surface area contributed by atoms with Crippen LogP contribution in [0.3, 0.4) is 0 Å². The van der Waals surface area contributed by atoms with E-state index >= 15 is 0 Å². The highest BCUT2D eigenvalue weighted by Crippen LogP contribution is 2.39. The lowest BCUT2D eigenvalue weighted by atomic mass is 10.1. The number of carbonyl (C=O) groups is 1. The molecule has 0 fully saturated rings. The fraction of sp³-hybridized carbons (Fsp3) is 0.438. The zero-order valence-electron chi connectivity index (χ0n) is 13.8. The quantitative estimate of drug-likeness (QED) is 0.710. The minimum Gasteiger partial charge on any atom is -0.454 e. The third-order valence-electron chi connectivity index (χ3n) is 3.29. The Balaban J connectivity index is 2.12. The van der Waals surface area contributed by atoms with Gasteiger partial charge >= 0.3 is 6.61 Å². The van der Waals surface area contributed by atoms with Crippen molar-refractivity contribution in [3.8, 4) is 17.2 Å². The summed E-state index contributed by atoms with van der Waals surface area (Å²) in [6.45, 7) is -2.22. The molecule has 0 spiro atoms. The standard InChI is InChI=1S/C16H20F2N2O4/c1-19(2)6-4-5-15(21)20(3)9-11-7-13-14(23-10-22-13)8-12(11)24-16(17)18/h4-5,7-8,16H,6,9-10H2,1-3H3/b5-4+. The maximum Gasteiger partial charge on any atom is 0.387 e. The van der Waals surface area contributed by atoms with Gasteiger partial charge in [0.05, 0.1) is 0 Å².